The monoisotopic (exact) mass is 487 g/mol. The quantitative estimate of drug-likeness (QED) is 0.617. The fraction of sp³-hybridized carbons (Fsp3) is 0.448. The highest BCUT2D eigenvalue weighted by molar-refractivity contribution is 6.23. The van der Waals surface area contributed by atoms with Gasteiger partial charge >= 0.3 is 0 Å². The molecule has 3 aliphatic rings. The number of benzene rings is 2. The van der Waals surface area contributed by atoms with Gasteiger partial charge in [0.2, 0.25) is 5.91 Å². The number of rotatable bonds is 5. The van der Waals surface area contributed by atoms with Crippen LogP contribution in [0, 0.1) is 10.8 Å². The summed E-state index contributed by atoms with van der Waals surface area (Å²) in [4.78, 5) is 56.1. The number of anilines is 1. The average molecular weight is 488 g/mol. The molecular formula is C29H33N3O4. The molecule has 2 bridgehead atoms. The van der Waals surface area contributed by atoms with Crippen LogP contribution in [0.3, 0.4) is 0 Å². The normalized spacial score (nSPS) is 25.1. The lowest BCUT2D eigenvalue weighted by molar-refractivity contribution is -0.120. The molecule has 0 radical (unpaired) electrons. The molecule has 1 aliphatic carbocycles. The van der Waals surface area contributed by atoms with Crippen LogP contribution >= 0.6 is 0 Å². The second-order valence-electron chi connectivity index (χ2n) is 11.6. The average Bonchev–Trinajstić information content (AvgIpc) is 3.23. The van der Waals surface area contributed by atoms with Gasteiger partial charge < -0.3 is 10.2 Å². The summed E-state index contributed by atoms with van der Waals surface area (Å²) in [5.74, 6) is -1.52. The van der Waals surface area contributed by atoms with Gasteiger partial charge in [0.15, 0.2) is 0 Å². The SMILES string of the molecule is CCC(C(=O)Nc1ccccc1C(=O)N1CC2(C)CC1CC(C)(C)C2)N1C(=O)c2ccccc2C1=O. The first kappa shape index (κ1) is 24.2. The van der Waals surface area contributed by atoms with Crippen molar-refractivity contribution in [2.45, 2.75) is 65.5 Å². The molecule has 3 atom stereocenters. The molecule has 2 aliphatic heterocycles. The van der Waals surface area contributed by atoms with E-state index in [0.717, 1.165) is 24.2 Å². The molecule has 188 valence electrons. The Bertz CT molecular complexity index is 1230. The molecule has 2 heterocycles. The highest BCUT2D eigenvalue weighted by Crippen LogP contribution is 2.52. The van der Waals surface area contributed by atoms with Crippen molar-refractivity contribution >= 4 is 29.3 Å². The summed E-state index contributed by atoms with van der Waals surface area (Å²) in [6.45, 7) is 9.26. The number of nitrogens with zero attached hydrogens (tertiary/aromatic N) is 2. The molecule has 2 aromatic carbocycles. The van der Waals surface area contributed by atoms with E-state index in [1.165, 1.54) is 0 Å². The number of nitrogens with one attached hydrogen (secondary N) is 1. The molecule has 1 saturated heterocycles. The lowest BCUT2D eigenvalue weighted by Gasteiger charge is -2.39. The minimum Gasteiger partial charge on any atom is -0.335 e. The second-order valence-corrected chi connectivity index (χ2v) is 11.6. The fourth-order valence-corrected chi connectivity index (χ4v) is 6.82. The topological polar surface area (TPSA) is 86.8 Å². The van der Waals surface area contributed by atoms with Gasteiger partial charge in [0.25, 0.3) is 17.7 Å². The van der Waals surface area contributed by atoms with Crippen molar-refractivity contribution in [2.24, 2.45) is 10.8 Å². The van der Waals surface area contributed by atoms with Crippen LogP contribution in [0.15, 0.2) is 48.5 Å². The predicted octanol–water partition coefficient (Wildman–Crippen LogP) is 4.74. The minimum atomic E-state index is -0.980. The van der Waals surface area contributed by atoms with E-state index >= 15 is 0 Å². The summed E-state index contributed by atoms with van der Waals surface area (Å²) >= 11 is 0. The van der Waals surface area contributed by atoms with E-state index in [9.17, 15) is 19.2 Å². The summed E-state index contributed by atoms with van der Waals surface area (Å²) in [6.07, 6.45) is 3.29. The predicted molar refractivity (Wildman–Crippen MR) is 137 cm³/mol. The molecule has 4 amide bonds. The molecule has 1 N–H and O–H groups in total. The number of likely N-dealkylation sites (tertiary alicyclic amines) is 1. The molecule has 0 aromatic heterocycles. The summed E-state index contributed by atoms with van der Waals surface area (Å²) in [5.41, 5.74) is 1.72. The van der Waals surface area contributed by atoms with Gasteiger partial charge in [0, 0.05) is 12.6 Å². The molecular weight excluding hydrogens is 454 g/mol. The van der Waals surface area contributed by atoms with Crippen molar-refractivity contribution in [3.05, 3.63) is 65.2 Å². The number of para-hydroxylation sites is 1. The van der Waals surface area contributed by atoms with Crippen LogP contribution in [0.5, 0.6) is 0 Å². The lowest BCUT2D eigenvalue weighted by atomic mass is 9.65. The number of imide groups is 1. The summed E-state index contributed by atoms with van der Waals surface area (Å²) in [6, 6.07) is 12.8. The van der Waals surface area contributed by atoms with Gasteiger partial charge in [-0.05, 0) is 60.8 Å². The molecule has 0 spiro atoms. The Morgan fingerprint density at radius 2 is 1.58 bits per heavy atom. The first-order valence-electron chi connectivity index (χ1n) is 12.7. The van der Waals surface area contributed by atoms with Crippen LogP contribution < -0.4 is 5.32 Å². The maximum absolute atomic E-state index is 13.7. The lowest BCUT2D eigenvalue weighted by Crippen LogP contribution is -2.47. The van der Waals surface area contributed by atoms with Crippen molar-refractivity contribution in [2.75, 3.05) is 11.9 Å². The first-order chi connectivity index (χ1) is 17.0. The first-order valence-corrected chi connectivity index (χ1v) is 12.7. The third-order valence-electron chi connectivity index (χ3n) is 7.92. The Morgan fingerprint density at radius 3 is 2.22 bits per heavy atom. The van der Waals surface area contributed by atoms with Crippen LogP contribution in [0.4, 0.5) is 5.69 Å². The Morgan fingerprint density at radius 1 is 0.972 bits per heavy atom. The standard InChI is InChI=1S/C29H33N3O4/c1-5-23(32-26(35)19-10-6-7-11-20(19)27(32)36)24(33)30-22-13-9-8-12-21(22)25(34)31-17-29(4)15-18(31)14-28(2,3)16-29/h6-13,18,23H,5,14-17H2,1-4H3,(H,30,33). The van der Waals surface area contributed by atoms with Gasteiger partial charge in [-0.2, -0.15) is 0 Å². The van der Waals surface area contributed by atoms with E-state index in [-0.39, 0.29) is 29.2 Å². The van der Waals surface area contributed by atoms with E-state index in [1.807, 2.05) is 4.90 Å². The molecule has 5 rings (SSSR count). The van der Waals surface area contributed by atoms with Gasteiger partial charge in [0.05, 0.1) is 22.4 Å². The Balaban J connectivity index is 1.38. The van der Waals surface area contributed by atoms with Crippen molar-refractivity contribution < 1.29 is 19.2 Å². The van der Waals surface area contributed by atoms with Crippen molar-refractivity contribution in [1.29, 1.82) is 0 Å². The van der Waals surface area contributed by atoms with Crippen molar-refractivity contribution in [3.8, 4) is 0 Å². The van der Waals surface area contributed by atoms with Crippen LogP contribution in [0.1, 0.15) is 84.5 Å². The van der Waals surface area contributed by atoms with Crippen LogP contribution in [0.25, 0.3) is 0 Å². The zero-order chi connectivity index (χ0) is 25.8. The zero-order valence-electron chi connectivity index (χ0n) is 21.3. The number of fused-ring (bicyclic) bond motifs is 3. The highest BCUT2D eigenvalue weighted by Gasteiger charge is 2.51. The molecule has 3 unspecified atom stereocenters. The number of hydrogen-bond donors (Lipinski definition) is 1. The van der Waals surface area contributed by atoms with E-state index in [1.54, 1.807) is 55.5 Å². The van der Waals surface area contributed by atoms with Gasteiger partial charge in [-0.1, -0.05) is 52.0 Å². The smallest absolute Gasteiger partial charge is 0.262 e. The molecule has 2 aromatic rings. The number of carbonyl (C=O) groups excluding carboxylic acids is 4. The third-order valence-corrected chi connectivity index (χ3v) is 7.92. The van der Waals surface area contributed by atoms with Gasteiger partial charge in [0.1, 0.15) is 6.04 Å². The van der Waals surface area contributed by atoms with Crippen molar-refractivity contribution in [1.82, 2.24) is 9.80 Å². The Hall–Kier alpha value is -3.48. The fourth-order valence-electron chi connectivity index (χ4n) is 6.82. The minimum absolute atomic E-state index is 0.0916. The van der Waals surface area contributed by atoms with Gasteiger partial charge in [-0.3, -0.25) is 24.1 Å². The van der Waals surface area contributed by atoms with Crippen LogP contribution in [-0.4, -0.2) is 52.1 Å². The van der Waals surface area contributed by atoms with E-state index < -0.39 is 23.8 Å². The number of hydrogen-bond acceptors (Lipinski definition) is 4. The molecule has 1 saturated carbocycles. The molecule has 2 fully saturated rings. The number of carbonyl (C=O) groups is 4. The summed E-state index contributed by atoms with van der Waals surface area (Å²) in [7, 11) is 0. The Kier molecular flexibility index (Phi) is 5.77. The largest absolute Gasteiger partial charge is 0.335 e. The van der Waals surface area contributed by atoms with E-state index in [0.29, 0.717) is 28.9 Å². The van der Waals surface area contributed by atoms with Gasteiger partial charge in [-0.15, -0.1) is 0 Å². The van der Waals surface area contributed by atoms with E-state index in [4.69, 9.17) is 0 Å². The van der Waals surface area contributed by atoms with Crippen LogP contribution in [-0.2, 0) is 4.79 Å². The number of amides is 4. The third kappa shape index (κ3) is 4.00. The maximum Gasteiger partial charge on any atom is 0.262 e. The van der Waals surface area contributed by atoms with Gasteiger partial charge in [-0.25, -0.2) is 0 Å². The second kappa shape index (κ2) is 8.57. The van der Waals surface area contributed by atoms with Crippen LogP contribution in [0.2, 0.25) is 0 Å². The maximum atomic E-state index is 13.7. The van der Waals surface area contributed by atoms with E-state index in [2.05, 4.69) is 26.1 Å². The Labute approximate surface area is 211 Å². The summed E-state index contributed by atoms with van der Waals surface area (Å²) < 4.78 is 0. The zero-order valence-corrected chi connectivity index (χ0v) is 21.3. The van der Waals surface area contributed by atoms with Crippen molar-refractivity contribution in [3.63, 3.8) is 0 Å². The molecule has 7 nitrogen and oxygen atoms in total. The highest BCUT2D eigenvalue weighted by atomic mass is 16.2. The molecule has 36 heavy (non-hydrogen) atoms. The summed E-state index contributed by atoms with van der Waals surface area (Å²) in [5, 5.41) is 2.86. The molecule has 7 heteroatoms.